The zero-order valence-electron chi connectivity index (χ0n) is 15.0. The van der Waals surface area contributed by atoms with Gasteiger partial charge in [-0.25, -0.2) is 4.79 Å². The van der Waals surface area contributed by atoms with E-state index in [2.05, 4.69) is 11.4 Å². The maximum atomic E-state index is 12.2. The van der Waals surface area contributed by atoms with E-state index in [1.165, 1.54) is 34.8 Å². The quantitative estimate of drug-likeness (QED) is 0.814. The van der Waals surface area contributed by atoms with Crippen LogP contribution in [0.4, 0.5) is 9.80 Å². The van der Waals surface area contributed by atoms with Crippen molar-refractivity contribution in [3.8, 4) is 6.07 Å². The first-order valence-corrected chi connectivity index (χ1v) is 9.23. The molecular weight excluding hydrogens is 366 g/mol. The van der Waals surface area contributed by atoms with Crippen LogP contribution in [0.25, 0.3) is 6.08 Å². The van der Waals surface area contributed by atoms with Gasteiger partial charge in [-0.15, -0.1) is 11.3 Å². The number of anilines is 1. The molecule has 2 amide bonds. The van der Waals surface area contributed by atoms with Gasteiger partial charge in [-0.2, -0.15) is 5.26 Å². The maximum absolute atomic E-state index is 12.2. The molecule has 2 aromatic rings. The summed E-state index contributed by atoms with van der Waals surface area (Å²) in [4.78, 5) is 26.3. The van der Waals surface area contributed by atoms with Gasteiger partial charge in [0.2, 0.25) is 5.91 Å². The number of nitrogens with zero attached hydrogens (tertiary/aromatic N) is 2. The van der Waals surface area contributed by atoms with Crippen LogP contribution in [0.2, 0.25) is 0 Å². The van der Waals surface area contributed by atoms with Crippen LogP contribution in [0, 0.1) is 11.3 Å². The molecule has 2 aromatic heterocycles. The van der Waals surface area contributed by atoms with Crippen molar-refractivity contribution in [3.63, 3.8) is 0 Å². The van der Waals surface area contributed by atoms with Gasteiger partial charge in [0.25, 0.3) is 0 Å². The van der Waals surface area contributed by atoms with E-state index in [4.69, 9.17) is 9.15 Å². The van der Waals surface area contributed by atoms with Crippen LogP contribution >= 0.6 is 11.3 Å². The molecular formula is C19H19N3O4S. The third-order valence-electron chi connectivity index (χ3n) is 4.17. The Morgan fingerprint density at radius 3 is 2.96 bits per heavy atom. The molecule has 140 valence electrons. The van der Waals surface area contributed by atoms with Gasteiger partial charge in [0.15, 0.2) is 0 Å². The molecule has 1 atom stereocenters. The Bertz CT molecular complexity index is 906. The van der Waals surface area contributed by atoms with Crippen LogP contribution in [0.3, 0.4) is 0 Å². The van der Waals surface area contributed by atoms with Gasteiger partial charge in [-0.3, -0.25) is 4.79 Å². The number of rotatable bonds is 4. The van der Waals surface area contributed by atoms with E-state index in [0.29, 0.717) is 29.8 Å². The summed E-state index contributed by atoms with van der Waals surface area (Å²) >= 11 is 1.37. The van der Waals surface area contributed by atoms with Gasteiger partial charge in [-0.1, -0.05) is 0 Å². The number of ether oxygens (including phenoxy) is 1. The summed E-state index contributed by atoms with van der Waals surface area (Å²) in [5.74, 6) is -0.318. The summed E-state index contributed by atoms with van der Waals surface area (Å²) in [5.41, 5.74) is 2.22. The molecule has 3 rings (SSSR count). The molecule has 1 aliphatic rings. The van der Waals surface area contributed by atoms with Gasteiger partial charge in [0, 0.05) is 37.0 Å². The Hall–Kier alpha value is -3.05. The Labute approximate surface area is 160 Å². The highest BCUT2D eigenvalue weighted by Gasteiger charge is 2.28. The van der Waals surface area contributed by atoms with E-state index < -0.39 is 0 Å². The lowest BCUT2D eigenvalue weighted by Crippen LogP contribution is -2.31. The molecule has 27 heavy (non-hydrogen) atoms. The standard InChI is InChI=1S/C19H19N3O4S/c1-22(2)19(24)26-13-4-5-14-15(10-20)18(27-16(14)9-13)21-17(23)6-3-12-7-8-25-11-12/h3,6-8,11,13H,4-5,9H2,1-2H3,(H,21,23). The Kier molecular flexibility index (Phi) is 5.62. The fraction of sp³-hybridized carbons (Fsp3) is 0.316. The van der Waals surface area contributed by atoms with Crippen LogP contribution in [-0.4, -0.2) is 37.1 Å². The highest BCUT2D eigenvalue weighted by Crippen LogP contribution is 2.38. The van der Waals surface area contributed by atoms with E-state index in [1.54, 1.807) is 26.2 Å². The van der Waals surface area contributed by atoms with Gasteiger partial charge in [0.05, 0.1) is 18.1 Å². The molecule has 0 saturated carbocycles. The van der Waals surface area contributed by atoms with Gasteiger partial charge in [-0.05, 0) is 30.5 Å². The molecule has 0 fully saturated rings. The number of fused-ring (bicyclic) bond motifs is 1. The second kappa shape index (κ2) is 8.10. The number of carbonyl (C=O) groups excluding carboxylic acids is 2. The molecule has 0 aromatic carbocycles. The molecule has 1 N–H and O–H groups in total. The highest BCUT2D eigenvalue weighted by atomic mass is 32.1. The van der Waals surface area contributed by atoms with Crippen molar-refractivity contribution in [2.24, 2.45) is 0 Å². The fourth-order valence-corrected chi connectivity index (χ4v) is 4.07. The monoisotopic (exact) mass is 385 g/mol. The first-order chi connectivity index (χ1) is 13.0. The van der Waals surface area contributed by atoms with Crippen LogP contribution in [0.15, 0.2) is 29.1 Å². The molecule has 0 aliphatic heterocycles. The van der Waals surface area contributed by atoms with Crippen molar-refractivity contribution in [2.45, 2.75) is 25.4 Å². The summed E-state index contributed by atoms with van der Waals surface area (Å²) in [6, 6.07) is 3.93. The van der Waals surface area contributed by atoms with E-state index in [9.17, 15) is 14.9 Å². The number of hydrogen-bond acceptors (Lipinski definition) is 6. The zero-order valence-corrected chi connectivity index (χ0v) is 15.8. The van der Waals surface area contributed by atoms with E-state index in [0.717, 1.165) is 16.0 Å². The lowest BCUT2D eigenvalue weighted by atomic mass is 9.94. The predicted molar refractivity (Wildman–Crippen MR) is 101 cm³/mol. The summed E-state index contributed by atoms with van der Waals surface area (Å²) in [6.07, 6.45) is 7.34. The summed E-state index contributed by atoms with van der Waals surface area (Å²) in [7, 11) is 3.28. The third-order valence-corrected chi connectivity index (χ3v) is 5.34. The average Bonchev–Trinajstić information content (AvgIpc) is 3.26. The number of thiophene rings is 1. The van der Waals surface area contributed by atoms with E-state index >= 15 is 0 Å². The normalized spacial score (nSPS) is 15.8. The van der Waals surface area contributed by atoms with Crippen molar-refractivity contribution < 1.29 is 18.7 Å². The second-order valence-corrected chi connectivity index (χ2v) is 7.45. The first kappa shape index (κ1) is 18.7. The first-order valence-electron chi connectivity index (χ1n) is 8.41. The minimum absolute atomic E-state index is 0.220. The number of nitriles is 1. The average molecular weight is 385 g/mol. The highest BCUT2D eigenvalue weighted by molar-refractivity contribution is 7.16. The van der Waals surface area contributed by atoms with E-state index in [-0.39, 0.29) is 18.1 Å². The number of hydrogen-bond donors (Lipinski definition) is 1. The lowest BCUT2D eigenvalue weighted by molar-refractivity contribution is -0.111. The zero-order chi connectivity index (χ0) is 19.4. The minimum atomic E-state index is -0.376. The largest absolute Gasteiger partial charge is 0.472 e. The summed E-state index contributed by atoms with van der Waals surface area (Å²) in [5, 5.41) is 12.8. The minimum Gasteiger partial charge on any atom is -0.472 e. The molecule has 7 nitrogen and oxygen atoms in total. The van der Waals surface area contributed by atoms with Crippen LogP contribution in [0.1, 0.15) is 28.0 Å². The predicted octanol–water partition coefficient (Wildman–Crippen LogP) is 3.42. The smallest absolute Gasteiger partial charge is 0.409 e. The second-order valence-electron chi connectivity index (χ2n) is 6.34. The van der Waals surface area contributed by atoms with Gasteiger partial charge >= 0.3 is 6.09 Å². The molecule has 2 heterocycles. The number of amides is 2. The molecule has 0 radical (unpaired) electrons. The van der Waals surface area contributed by atoms with Crippen LogP contribution < -0.4 is 5.32 Å². The van der Waals surface area contributed by atoms with Crippen molar-refractivity contribution >= 4 is 34.4 Å². The van der Waals surface area contributed by atoms with E-state index in [1.807, 2.05) is 0 Å². The molecule has 8 heteroatoms. The van der Waals surface area contributed by atoms with Crippen LogP contribution in [0.5, 0.6) is 0 Å². The van der Waals surface area contributed by atoms with Crippen molar-refractivity contribution in [1.82, 2.24) is 4.90 Å². The summed E-state index contributed by atoms with van der Waals surface area (Å²) in [6.45, 7) is 0. The van der Waals surface area contributed by atoms with Crippen LogP contribution in [-0.2, 0) is 22.4 Å². The molecule has 0 spiro atoms. The topological polar surface area (TPSA) is 95.6 Å². The van der Waals surface area contributed by atoms with Crippen molar-refractivity contribution in [2.75, 3.05) is 19.4 Å². The van der Waals surface area contributed by atoms with Crippen molar-refractivity contribution in [1.29, 1.82) is 5.26 Å². The summed E-state index contributed by atoms with van der Waals surface area (Å²) < 4.78 is 10.4. The molecule has 0 bridgehead atoms. The number of furan rings is 1. The fourth-order valence-electron chi connectivity index (χ4n) is 2.81. The molecule has 0 saturated heterocycles. The SMILES string of the molecule is CN(C)C(=O)OC1CCc2c(sc(NC(=O)C=Cc3ccoc3)c2C#N)C1. The lowest BCUT2D eigenvalue weighted by Gasteiger charge is -2.24. The number of nitrogens with one attached hydrogen (secondary N) is 1. The van der Waals surface area contributed by atoms with Gasteiger partial charge < -0.3 is 19.4 Å². The van der Waals surface area contributed by atoms with Crippen molar-refractivity contribution in [3.05, 3.63) is 46.2 Å². The molecule has 1 unspecified atom stereocenters. The Morgan fingerprint density at radius 1 is 1.48 bits per heavy atom. The number of carbonyl (C=O) groups is 2. The third kappa shape index (κ3) is 4.38. The Balaban J connectivity index is 1.71. The maximum Gasteiger partial charge on any atom is 0.409 e. The van der Waals surface area contributed by atoms with Gasteiger partial charge in [0.1, 0.15) is 17.2 Å². The Morgan fingerprint density at radius 2 is 2.30 bits per heavy atom. The molecule has 1 aliphatic carbocycles.